The van der Waals surface area contributed by atoms with Gasteiger partial charge in [0.15, 0.2) is 0 Å². The van der Waals surface area contributed by atoms with E-state index in [0.29, 0.717) is 57.5 Å². The van der Waals surface area contributed by atoms with Crippen molar-refractivity contribution in [2.75, 3.05) is 0 Å². The number of hydrogen-bond donors (Lipinski definition) is 11. The highest BCUT2D eigenvalue weighted by Gasteiger charge is 2.00. The van der Waals surface area contributed by atoms with E-state index in [1.165, 1.54) is 0 Å². The normalized spacial score (nSPS) is 10.0. The summed E-state index contributed by atoms with van der Waals surface area (Å²) >= 11 is 0. The van der Waals surface area contributed by atoms with Crippen molar-refractivity contribution in [3.63, 3.8) is 0 Å². The van der Waals surface area contributed by atoms with Crippen LogP contribution in [0.5, 0.6) is 57.5 Å². The van der Waals surface area contributed by atoms with Gasteiger partial charge in [-0.25, -0.2) is 0 Å². The first kappa shape index (κ1) is 81.0. The summed E-state index contributed by atoms with van der Waals surface area (Å²) in [4.78, 5) is 9.00. The fourth-order valence-corrected chi connectivity index (χ4v) is 11.8. The van der Waals surface area contributed by atoms with E-state index in [2.05, 4.69) is 0 Å². The molecule has 12 heteroatoms. The Kier molecular flexibility index (Phi) is 29.6. The lowest BCUT2D eigenvalue weighted by atomic mass is 10.1. The molecule has 0 amide bonds. The number of fused-ring (bicyclic) bond motifs is 10. The second-order valence-electron chi connectivity index (χ2n) is 25.8. The summed E-state index contributed by atoms with van der Waals surface area (Å²) < 4.78 is 0. The maximum absolute atomic E-state index is 9.13. The highest BCUT2D eigenvalue weighted by Crippen LogP contribution is 2.27. The van der Waals surface area contributed by atoms with Gasteiger partial charge in [-0.1, -0.05) is 303 Å². The molecule has 0 bridgehead atoms. The van der Waals surface area contributed by atoms with Gasteiger partial charge < -0.3 is 56.2 Å². The zero-order valence-corrected chi connectivity index (χ0v) is 62.2. The first-order valence-corrected chi connectivity index (χ1v) is 36.3. The molecule has 11 N–H and O–H groups in total. The van der Waals surface area contributed by atoms with Crippen molar-refractivity contribution in [3.8, 4) is 57.5 Å². The Morgan fingerprint density at radius 2 is 0.211 bits per heavy atom. The summed E-state index contributed by atoms with van der Waals surface area (Å²) in [6.45, 7) is 1.08. The first-order chi connectivity index (χ1) is 55.3. The van der Waals surface area contributed by atoms with Crippen molar-refractivity contribution in [3.05, 3.63) is 425 Å². The van der Waals surface area contributed by atoms with E-state index in [1.54, 1.807) is 121 Å². The van der Waals surface area contributed by atoms with Gasteiger partial charge in [0.25, 0.3) is 5.97 Å². The Hall–Kier alpha value is -15.5. The lowest BCUT2D eigenvalue weighted by Gasteiger charge is -1.96. The van der Waals surface area contributed by atoms with E-state index in [-0.39, 0.29) is 0 Å². The Bertz CT molecular complexity index is 5200. The Labute approximate surface area is 659 Å². The van der Waals surface area contributed by atoms with Crippen molar-refractivity contribution in [1.82, 2.24) is 0 Å². The van der Waals surface area contributed by atoms with Crippen LogP contribution in [-0.4, -0.2) is 62.1 Å². The van der Waals surface area contributed by atoms with E-state index in [1.807, 2.05) is 303 Å². The summed E-state index contributed by atoms with van der Waals surface area (Å²) in [6, 6.07) is 133. The highest BCUT2D eigenvalue weighted by molar-refractivity contribution is 5.90. The van der Waals surface area contributed by atoms with Crippen LogP contribution in [0, 0.1) is 0 Å². The molecule has 0 unspecified atom stereocenters. The number of aromatic hydroxyl groups is 10. The number of benzene rings is 20. The molecule has 0 aromatic heterocycles. The third-order valence-corrected chi connectivity index (χ3v) is 17.3. The molecule has 0 atom stereocenters. The van der Waals surface area contributed by atoms with Crippen LogP contribution in [0.1, 0.15) is 6.92 Å². The maximum atomic E-state index is 9.13. The summed E-state index contributed by atoms with van der Waals surface area (Å²) in [7, 11) is 0. The molecule has 0 aliphatic rings. The van der Waals surface area contributed by atoms with Crippen LogP contribution in [0.25, 0.3) is 108 Å². The van der Waals surface area contributed by atoms with Crippen molar-refractivity contribution in [1.29, 1.82) is 0 Å². The van der Waals surface area contributed by atoms with Gasteiger partial charge in [-0.3, -0.25) is 4.79 Å². The second kappa shape index (κ2) is 41.7. The molecule has 0 fully saturated rings. The molecule has 0 saturated carbocycles. The van der Waals surface area contributed by atoms with Gasteiger partial charge in [0.1, 0.15) is 57.5 Å². The average molecular weight is 1500 g/mol. The number of phenolic OH excluding ortho intramolecular Hbond substituents is 10. The number of carbonyl (C=O) groups is 1. The molecule has 20 rings (SSSR count). The summed E-state index contributed by atoms with van der Waals surface area (Å²) in [5, 5.41) is 121. The Morgan fingerprint density at radius 1 is 0.140 bits per heavy atom. The number of hydrogen-bond acceptors (Lipinski definition) is 11. The Balaban J connectivity index is 0.000000133. The average Bonchev–Trinajstić information content (AvgIpc) is 0.940. The van der Waals surface area contributed by atoms with Crippen LogP contribution in [0.15, 0.2) is 425 Å². The predicted molar refractivity (Wildman–Crippen MR) is 469 cm³/mol. The maximum Gasteiger partial charge on any atom is 0.300 e. The van der Waals surface area contributed by atoms with E-state index in [0.717, 1.165) is 115 Å². The lowest BCUT2D eigenvalue weighted by molar-refractivity contribution is -0.134. The molecule has 12 nitrogen and oxygen atoms in total. The molecular formula is C102H84O12. The summed E-state index contributed by atoms with van der Waals surface area (Å²) in [5.74, 6) is 2.40. The first-order valence-electron chi connectivity index (χ1n) is 36.3. The second-order valence-corrected chi connectivity index (χ2v) is 25.8. The van der Waals surface area contributed by atoms with E-state index >= 15 is 0 Å². The van der Waals surface area contributed by atoms with Crippen LogP contribution in [0.3, 0.4) is 0 Å². The van der Waals surface area contributed by atoms with Gasteiger partial charge in [0.2, 0.25) is 0 Å². The number of rotatable bonds is 0. The van der Waals surface area contributed by atoms with Crippen molar-refractivity contribution < 1.29 is 61.0 Å². The molecule has 20 aromatic rings. The quantitative estimate of drug-likeness (QED) is 0.0680. The molecular weight excluding hydrogens is 1420 g/mol. The van der Waals surface area contributed by atoms with Gasteiger partial charge in [-0.2, -0.15) is 0 Å². The molecule has 114 heavy (non-hydrogen) atoms. The predicted octanol–water partition coefficient (Wildman–Crippen LogP) is 25.5. The fraction of sp³-hybridized carbons (Fsp3) is 0.00980. The topological polar surface area (TPSA) is 240 Å². The minimum atomic E-state index is -0.833. The SMILES string of the molecule is CC(=O)O.Oc1ccc2ccccc2c1.Oc1ccc2ccccc2c1.Oc1ccc2ccccc2c1.Oc1ccc2ccccc2c1.Oc1ccc2ccccc2c1.Oc1ccc2ccccc2c1.Oc1ccc2ccccc2c1.Oc1ccc2ccccc2c1.Oc1ccc2ccccc2c1.Oc1ccc2ccccc2c1. The van der Waals surface area contributed by atoms with Crippen LogP contribution in [0.4, 0.5) is 0 Å². The van der Waals surface area contributed by atoms with Crippen LogP contribution in [-0.2, 0) is 4.79 Å². The minimum Gasteiger partial charge on any atom is -0.508 e. The van der Waals surface area contributed by atoms with E-state index in [9.17, 15) is 0 Å². The zero-order chi connectivity index (χ0) is 80.4. The van der Waals surface area contributed by atoms with Crippen LogP contribution in [0.2, 0.25) is 0 Å². The monoisotopic (exact) mass is 1500 g/mol. The minimum absolute atomic E-state index is 0.323. The summed E-state index contributed by atoms with van der Waals surface area (Å²) in [6.07, 6.45) is 0. The molecule has 0 heterocycles. The van der Waals surface area contributed by atoms with Gasteiger partial charge in [0.05, 0.1) is 0 Å². The standard InChI is InChI=1S/10C10H8O.C2H4O2/c10*11-10-6-5-8-3-1-2-4-9(8)7-10;1-2(3)4/h10*1-7,11H;1H3,(H,3,4). The van der Waals surface area contributed by atoms with Crippen molar-refractivity contribution in [2.24, 2.45) is 0 Å². The molecule has 0 spiro atoms. The molecule has 564 valence electrons. The highest BCUT2D eigenvalue weighted by atomic mass is 16.4. The smallest absolute Gasteiger partial charge is 0.300 e. The molecule has 0 aliphatic heterocycles. The van der Waals surface area contributed by atoms with Gasteiger partial charge in [-0.05, 0) is 229 Å². The van der Waals surface area contributed by atoms with E-state index in [4.69, 9.17) is 61.0 Å². The third-order valence-electron chi connectivity index (χ3n) is 17.3. The number of carboxylic acid groups (broad SMARTS) is 1. The van der Waals surface area contributed by atoms with Crippen molar-refractivity contribution >= 4 is 114 Å². The van der Waals surface area contributed by atoms with Crippen LogP contribution >= 0.6 is 0 Å². The number of phenols is 10. The van der Waals surface area contributed by atoms with Crippen molar-refractivity contribution in [2.45, 2.75) is 6.92 Å². The lowest BCUT2D eigenvalue weighted by Crippen LogP contribution is -1.78. The fourth-order valence-electron chi connectivity index (χ4n) is 11.8. The summed E-state index contributed by atoms with van der Waals surface area (Å²) in [5.41, 5.74) is 0. The number of aliphatic carboxylic acids is 1. The van der Waals surface area contributed by atoms with Gasteiger partial charge >= 0.3 is 0 Å². The molecule has 0 saturated heterocycles. The third kappa shape index (κ3) is 25.8. The molecule has 0 radical (unpaired) electrons. The molecule has 20 aromatic carbocycles. The van der Waals surface area contributed by atoms with Gasteiger partial charge in [-0.15, -0.1) is 0 Å². The van der Waals surface area contributed by atoms with Crippen LogP contribution < -0.4 is 0 Å². The Morgan fingerprint density at radius 3 is 0.289 bits per heavy atom. The largest absolute Gasteiger partial charge is 0.508 e. The zero-order valence-electron chi connectivity index (χ0n) is 62.2. The van der Waals surface area contributed by atoms with E-state index < -0.39 is 5.97 Å². The number of carboxylic acids is 1. The van der Waals surface area contributed by atoms with Gasteiger partial charge in [0, 0.05) is 6.92 Å². The molecule has 0 aliphatic carbocycles.